The fourth-order valence-electron chi connectivity index (χ4n) is 2.58. The molecule has 1 amide bonds. The van der Waals surface area contributed by atoms with E-state index in [1.165, 1.54) is 0 Å². The van der Waals surface area contributed by atoms with Crippen LogP contribution < -0.4 is 10.6 Å². The lowest BCUT2D eigenvalue weighted by molar-refractivity contribution is 0.0956. The molecule has 1 aliphatic heterocycles. The number of hydrogen-bond donors (Lipinski definition) is 2. The first-order chi connectivity index (χ1) is 10.2. The fraction of sp³-hybridized carbons (Fsp3) is 0.471. The van der Waals surface area contributed by atoms with Crippen molar-refractivity contribution in [3.05, 3.63) is 29.8 Å². The molecule has 0 spiro atoms. The van der Waals surface area contributed by atoms with Crippen molar-refractivity contribution >= 4 is 11.6 Å². The van der Waals surface area contributed by atoms with Crippen LogP contribution in [0.5, 0.6) is 0 Å². The molecule has 4 nitrogen and oxygen atoms in total. The van der Waals surface area contributed by atoms with E-state index in [-0.39, 0.29) is 5.91 Å². The monoisotopic (exact) mass is 285 g/mol. The third-order valence-corrected chi connectivity index (χ3v) is 3.76. The number of rotatable bonds is 5. The second-order valence-corrected chi connectivity index (χ2v) is 5.34. The van der Waals surface area contributed by atoms with Crippen molar-refractivity contribution in [2.24, 2.45) is 0 Å². The third-order valence-electron chi connectivity index (χ3n) is 3.76. The first-order valence-corrected chi connectivity index (χ1v) is 7.53. The summed E-state index contributed by atoms with van der Waals surface area (Å²) in [7, 11) is 0. The van der Waals surface area contributed by atoms with Gasteiger partial charge in [-0.2, -0.15) is 0 Å². The summed E-state index contributed by atoms with van der Waals surface area (Å²) in [6, 6.07) is 8.15. The van der Waals surface area contributed by atoms with E-state index in [0.29, 0.717) is 18.2 Å². The number of benzene rings is 1. The van der Waals surface area contributed by atoms with Gasteiger partial charge >= 0.3 is 0 Å². The Bertz CT molecular complexity index is 496. The van der Waals surface area contributed by atoms with Crippen LogP contribution in [0.15, 0.2) is 24.3 Å². The van der Waals surface area contributed by atoms with Crippen molar-refractivity contribution in [2.75, 3.05) is 31.5 Å². The maximum absolute atomic E-state index is 11.7. The van der Waals surface area contributed by atoms with Gasteiger partial charge in [0, 0.05) is 36.9 Å². The standard InChI is InChI=1S/C17H23N3O/c1-3-11-20-12-9-16(10-13-20)19-15-7-5-14(6-8-15)17(21)18-4-2/h1,5-8,16,19H,4,9-13H2,2H3,(H,18,21). The Labute approximate surface area is 126 Å². The molecule has 0 aliphatic carbocycles. The normalized spacial score (nSPS) is 16.2. The number of nitrogens with zero attached hydrogens (tertiary/aromatic N) is 1. The molecule has 0 unspecified atom stereocenters. The van der Waals surface area contributed by atoms with E-state index >= 15 is 0 Å². The number of hydrogen-bond acceptors (Lipinski definition) is 3. The zero-order valence-electron chi connectivity index (χ0n) is 12.6. The van der Waals surface area contributed by atoms with Gasteiger partial charge in [-0.25, -0.2) is 0 Å². The van der Waals surface area contributed by atoms with E-state index < -0.39 is 0 Å². The minimum absolute atomic E-state index is 0.0216. The highest BCUT2D eigenvalue weighted by molar-refractivity contribution is 5.94. The highest BCUT2D eigenvalue weighted by atomic mass is 16.1. The van der Waals surface area contributed by atoms with Crippen molar-refractivity contribution in [1.82, 2.24) is 10.2 Å². The molecule has 1 aromatic rings. The summed E-state index contributed by atoms with van der Waals surface area (Å²) in [5.41, 5.74) is 1.77. The van der Waals surface area contributed by atoms with Gasteiger partial charge < -0.3 is 10.6 Å². The van der Waals surface area contributed by atoms with Crippen LogP contribution in [0.4, 0.5) is 5.69 Å². The van der Waals surface area contributed by atoms with Crippen molar-refractivity contribution in [3.63, 3.8) is 0 Å². The number of likely N-dealkylation sites (tertiary alicyclic amines) is 1. The molecule has 2 rings (SSSR count). The number of nitrogens with one attached hydrogen (secondary N) is 2. The summed E-state index contributed by atoms with van der Waals surface area (Å²) in [6.45, 7) is 5.39. The molecule has 0 aromatic heterocycles. The third kappa shape index (κ3) is 4.51. The highest BCUT2D eigenvalue weighted by Gasteiger charge is 2.18. The molecule has 4 heteroatoms. The number of carbonyl (C=O) groups excluding carboxylic acids is 1. The molecular weight excluding hydrogens is 262 g/mol. The van der Waals surface area contributed by atoms with Gasteiger partial charge in [-0.3, -0.25) is 9.69 Å². The molecule has 0 atom stereocenters. The zero-order valence-corrected chi connectivity index (χ0v) is 12.6. The van der Waals surface area contributed by atoms with Gasteiger partial charge in [0.05, 0.1) is 6.54 Å². The lowest BCUT2D eigenvalue weighted by Crippen LogP contribution is -2.39. The van der Waals surface area contributed by atoms with E-state index in [1.807, 2.05) is 31.2 Å². The summed E-state index contributed by atoms with van der Waals surface area (Å²) in [6.07, 6.45) is 7.53. The average molecular weight is 285 g/mol. The molecule has 0 radical (unpaired) electrons. The number of carbonyl (C=O) groups is 1. The van der Waals surface area contributed by atoms with Crippen LogP contribution in [0.1, 0.15) is 30.1 Å². The molecule has 1 aliphatic rings. The summed E-state index contributed by atoms with van der Waals surface area (Å²) in [5, 5.41) is 6.33. The van der Waals surface area contributed by atoms with Crippen LogP contribution in [-0.2, 0) is 0 Å². The van der Waals surface area contributed by atoms with Gasteiger partial charge in [-0.05, 0) is 44.0 Å². The maximum Gasteiger partial charge on any atom is 0.251 e. The maximum atomic E-state index is 11.7. The van der Waals surface area contributed by atoms with E-state index in [0.717, 1.165) is 38.2 Å². The van der Waals surface area contributed by atoms with Crippen molar-refractivity contribution in [3.8, 4) is 12.3 Å². The molecule has 1 fully saturated rings. The summed E-state index contributed by atoms with van der Waals surface area (Å²) in [4.78, 5) is 14.0. The predicted octanol–water partition coefficient (Wildman–Crippen LogP) is 1.95. The van der Waals surface area contributed by atoms with Gasteiger partial charge in [0.1, 0.15) is 0 Å². The van der Waals surface area contributed by atoms with Crippen LogP contribution in [0, 0.1) is 12.3 Å². The van der Waals surface area contributed by atoms with Crippen LogP contribution in [0.25, 0.3) is 0 Å². The minimum atomic E-state index is -0.0216. The fourth-order valence-corrected chi connectivity index (χ4v) is 2.58. The summed E-state index contributed by atoms with van der Waals surface area (Å²) < 4.78 is 0. The van der Waals surface area contributed by atoms with Gasteiger partial charge in [0.2, 0.25) is 0 Å². The minimum Gasteiger partial charge on any atom is -0.382 e. The van der Waals surface area contributed by atoms with Gasteiger partial charge in [0.25, 0.3) is 5.91 Å². The van der Waals surface area contributed by atoms with E-state index in [2.05, 4.69) is 21.5 Å². The molecule has 1 heterocycles. The Morgan fingerprint density at radius 3 is 2.57 bits per heavy atom. The quantitative estimate of drug-likeness (QED) is 0.813. The molecule has 1 aromatic carbocycles. The van der Waals surface area contributed by atoms with Crippen molar-refractivity contribution in [2.45, 2.75) is 25.8 Å². The zero-order chi connectivity index (χ0) is 15.1. The summed E-state index contributed by atoms with van der Waals surface area (Å²) >= 11 is 0. The van der Waals surface area contributed by atoms with Crippen LogP contribution >= 0.6 is 0 Å². The molecular formula is C17H23N3O. The largest absolute Gasteiger partial charge is 0.382 e. The highest BCUT2D eigenvalue weighted by Crippen LogP contribution is 2.17. The number of piperidine rings is 1. The molecule has 21 heavy (non-hydrogen) atoms. The Balaban J connectivity index is 1.84. The molecule has 0 bridgehead atoms. The van der Waals surface area contributed by atoms with E-state index in [9.17, 15) is 4.79 Å². The van der Waals surface area contributed by atoms with Crippen LogP contribution in [0.2, 0.25) is 0 Å². The van der Waals surface area contributed by atoms with E-state index in [1.54, 1.807) is 0 Å². The van der Waals surface area contributed by atoms with Gasteiger partial charge in [-0.15, -0.1) is 6.42 Å². The Hall–Kier alpha value is -1.99. The lowest BCUT2D eigenvalue weighted by atomic mass is 10.0. The van der Waals surface area contributed by atoms with E-state index in [4.69, 9.17) is 6.42 Å². The predicted molar refractivity (Wildman–Crippen MR) is 86.4 cm³/mol. The van der Waals surface area contributed by atoms with Crippen LogP contribution in [-0.4, -0.2) is 43.0 Å². The SMILES string of the molecule is C#CCN1CCC(Nc2ccc(C(=O)NCC)cc2)CC1. The number of terminal acetylenes is 1. The van der Waals surface area contributed by atoms with Crippen LogP contribution in [0.3, 0.4) is 0 Å². The van der Waals surface area contributed by atoms with Gasteiger partial charge in [-0.1, -0.05) is 5.92 Å². The smallest absolute Gasteiger partial charge is 0.251 e. The first-order valence-electron chi connectivity index (χ1n) is 7.53. The Morgan fingerprint density at radius 1 is 1.33 bits per heavy atom. The molecule has 0 saturated carbocycles. The molecule has 2 N–H and O–H groups in total. The second kappa shape index (κ2) is 7.70. The van der Waals surface area contributed by atoms with Crippen molar-refractivity contribution < 1.29 is 4.79 Å². The number of amides is 1. The second-order valence-electron chi connectivity index (χ2n) is 5.34. The number of anilines is 1. The molecule has 112 valence electrons. The molecule has 1 saturated heterocycles. The Morgan fingerprint density at radius 2 is 2.00 bits per heavy atom. The first kappa shape index (κ1) is 15.4. The summed E-state index contributed by atoms with van der Waals surface area (Å²) in [5.74, 6) is 2.68. The topological polar surface area (TPSA) is 44.4 Å². The lowest BCUT2D eigenvalue weighted by Gasteiger charge is -2.31. The van der Waals surface area contributed by atoms with Crippen molar-refractivity contribution in [1.29, 1.82) is 0 Å². The Kier molecular flexibility index (Phi) is 5.65. The average Bonchev–Trinajstić information content (AvgIpc) is 2.50. The van der Waals surface area contributed by atoms with Gasteiger partial charge in [0.15, 0.2) is 0 Å².